The topological polar surface area (TPSA) is 49.3 Å². The van der Waals surface area contributed by atoms with Crippen LogP contribution in [-0.2, 0) is 4.79 Å². The van der Waals surface area contributed by atoms with Gasteiger partial charge in [0.1, 0.15) is 5.54 Å². The van der Waals surface area contributed by atoms with E-state index >= 15 is 0 Å². The Labute approximate surface area is 115 Å². The zero-order valence-electron chi connectivity index (χ0n) is 11.9. The van der Waals surface area contributed by atoms with Gasteiger partial charge in [0, 0.05) is 11.3 Å². The molecule has 0 bridgehead atoms. The SMILES string of the molecule is CC(C)NC(C)(CCCSC1CCCC1)C(=O)O. The molecule has 4 heteroatoms. The van der Waals surface area contributed by atoms with E-state index in [1.165, 1.54) is 25.7 Å². The lowest BCUT2D eigenvalue weighted by Gasteiger charge is -2.28. The summed E-state index contributed by atoms with van der Waals surface area (Å²) in [5, 5.41) is 13.3. The van der Waals surface area contributed by atoms with Crippen LogP contribution in [0.25, 0.3) is 0 Å². The third kappa shape index (κ3) is 5.19. The number of rotatable bonds is 8. The third-order valence-electron chi connectivity index (χ3n) is 3.56. The van der Waals surface area contributed by atoms with Crippen molar-refractivity contribution < 1.29 is 9.90 Å². The lowest BCUT2D eigenvalue weighted by molar-refractivity contribution is -0.144. The maximum Gasteiger partial charge on any atom is 0.323 e. The maximum atomic E-state index is 11.3. The molecule has 3 nitrogen and oxygen atoms in total. The summed E-state index contributed by atoms with van der Waals surface area (Å²) in [6, 6.07) is 0.202. The predicted octanol–water partition coefficient (Wildman–Crippen LogP) is 3.28. The largest absolute Gasteiger partial charge is 0.480 e. The van der Waals surface area contributed by atoms with Gasteiger partial charge >= 0.3 is 5.97 Å². The van der Waals surface area contributed by atoms with Gasteiger partial charge in [-0.2, -0.15) is 11.8 Å². The zero-order chi connectivity index (χ0) is 13.6. The number of thioether (sulfide) groups is 1. The minimum atomic E-state index is -0.773. The zero-order valence-corrected chi connectivity index (χ0v) is 12.7. The van der Waals surface area contributed by atoms with Gasteiger partial charge in [-0.3, -0.25) is 10.1 Å². The molecule has 0 saturated heterocycles. The van der Waals surface area contributed by atoms with Crippen LogP contribution in [0, 0.1) is 0 Å². The molecule has 0 heterocycles. The van der Waals surface area contributed by atoms with Crippen LogP contribution in [0.15, 0.2) is 0 Å². The fraction of sp³-hybridized carbons (Fsp3) is 0.929. The molecule has 18 heavy (non-hydrogen) atoms. The Bertz CT molecular complexity index is 265. The molecule has 0 aromatic carbocycles. The van der Waals surface area contributed by atoms with E-state index in [9.17, 15) is 9.90 Å². The summed E-state index contributed by atoms with van der Waals surface area (Å²) in [6.07, 6.45) is 7.14. The second-order valence-electron chi connectivity index (χ2n) is 5.82. The molecular formula is C14H27NO2S. The first-order chi connectivity index (χ1) is 8.44. The van der Waals surface area contributed by atoms with E-state index in [-0.39, 0.29) is 6.04 Å². The first-order valence-electron chi connectivity index (χ1n) is 7.07. The number of hydrogen-bond acceptors (Lipinski definition) is 3. The van der Waals surface area contributed by atoms with Gasteiger partial charge in [0.25, 0.3) is 0 Å². The molecule has 0 aromatic heterocycles. The van der Waals surface area contributed by atoms with Crippen LogP contribution in [0.2, 0.25) is 0 Å². The second kappa shape index (κ2) is 7.39. The van der Waals surface area contributed by atoms with E-state index in [0.29, 0.717) is 6.42 Å². The van der Waals surface area contributed by atoms with Crippen molar-refractivity contribution in [2.24, 2.45) is 0 Å². The van der Waals surface area contributed by atoms with Crippen molar-refractivity contribution >= 4 is 17.7 Å². The Morgan fingerprint density at radius 3 is 2.56 bits per heavy atom. The van der Waals surface area contributed by atoms with Crippen molar-refractivity contribution in [1.29, 1.82) is 0 Å². The number of hydrogen-bond donors (Lipinski definition) is 2. The standard InChI is InChI=1S/C14H27NO2S/c1-11(2)15-14(3,13(16)17)9-6-10-18-12-7-4-5-8-12/h11-12,15H,4-10H2,1-3H3,(H,16,17). The fourth-order valence-corrected chi connectivity index (χ4v) is 3.92. The normalized spacial score (nSPS) is 20.2. The molecule has 1 rings (SSSR count). The Balaban J connectivity index is 2.26. The predicted molar refractivity (Wildman–Crippen MR) is 78.3 cm³/mol. The van der Waals surface area contributed by atoms with Gasteiger partial charge in [0.15, 0.2) is 0 Å². The highest BCUT2D eigenvalue weighted by atomic mass is 32.2. The third-order valence-corrected chi connectivity index (χ3v) is 5.02. The first kappa shape index (κ1) is 15.8. The quantitative estimate of drug-likeness (QED) is 0.666. The molecule has 0 spiro atoms. The smallest absolute Gasteiger partial charge is 0.323 e. The van der Waals surface area contributed by atoms with Crippen LogP contribution in [0.4, 0.5) is 0 Å². The van der Waals surface area contributed by atoms with Gasteiger partial charge in [-0.25, -0.2) is 0 Å². The Morgan fingerprint density at radius 2 is 2.06 bits per heavy atom. The molecule has 1 fully saturated rings. The van der Waals surface area contributed by atoms with E-state index in [4.69, 9.17) is 0 Å². The number of aliphatic carboxylic acids is 1. The monoisotopic (exact) mass is 273 g/mol. The molecule has 1 aliphatic rings. The molecule has 106 valence electrons. The van der Waals surface area contributed by atoms with Crippen molar-refractivity contribution in [1.82, 2.24) is 5.32 Å². The summed E-state index contributed by atoms with van der Waals surface area (Å²) in [4.78, 5) is 11.3. The van der Waals surface area contributed by atoms with E-state index < -0.39 is 11.5 Å². The van der Waals surface area contributed by atoms with Gasteiger partial charge in [-0.1, -0.05) is 12.8 Å². The van der Waals surface area contributed by atoms with Gasteiger partial charge < -0.3 is 5.11 Å². The summed E-state index contributed by atoms with van der Waals surface area (Å²) in [7, 11) is 0. The Hall–Kier alpha value is -0.220. The van der Waals surface area contributed by atoms with E-state index in [1.807, 2.05) is 25.6 Å². The van der Waals surface area contributed by atoms with E-state index in [1.54, 1.807) is 6.92 Å². The average Bonchev–Trinajstić information content (AvgIpc) is 2.76. The lowest BCUT2D eigenvalue weighted by atomic mass is 9.95. The fourth-order valence-electron chi connectivity index (χ4n) is 2.61. The average molecular weight is 273 g/mol. The first-order valence-corrected chi connectivity index (χ1v) is 8.11. The van der Waals surface area contributed by atoms with Crippen LogP contribution in [0.3, 0.4) is 0 Å². The van der Waals surface area contributed by atoms with Gasteiger partial charge in [0.2, 0.25) is 0 Å². The van der Waals surface area contributed by atoms with E-state index in [2.05, 4.69) is 5.32 Å². The highest BCUT2D eigenvalue weighted by Crippen LogP contribution is 2.30. The van der Waals surface area contributed by atoms with Gasteiger partial charge in [0.05, 0.1) is 0 Å². The molecule has 2 N–H and O–H groups in total. The van der Waals surface area contributed by atoms with Crippen LogP contribution in [0.1, 0.15) is 59.3 Å². The molecule has 0 aliphatic heterocycles. The van der Waals surface area contributed by atoms with Gasteiger partial charge in [-0.15, -0.1) is 0 Å². The highest BCUT2D eigenvalue weighted by molar-refractivity contribution is 7.99. The number of carbonyl (C=O) groups is 1. The minimum Gasteiger partial charge on any atom is -0.480 e. The summed E-state index contributed by atoms with van der Waals surface area (Å²) in [5.41, 5.74) is -0.773. The second-order valence-corrected chi connectivity index (χ2v) is 7.23. The van der Waals surface area contributed by atoms with Crippen molar-refractivity contribution in [2.45, 2.75) is 76.1 Å². The molecule has 1 aliphatic carbocycles. The molecule has 1 atom stereocenters. The highest BCUT2D eigenvalue weighted by Gasteiger charge is 2.32. The number of carboxylic acid groups (broad SMARTS) is 1. The van der Waals surface area contributed by atoms with Gasteiger partial charge in [-0.05, 0) is 52.2 Å². The molecule has 1 saturated carbocycles. The summed E-state index contributed by atoms with van der Waals surface area (Å²) >= 11 is 2.03. The Kier molecular flexibility index (Phi) is 6.50. The molecule has 1 unspecified atom stereocenters. The summed E-state index contributed by atoms with van der Waals surface area (Å²) in [5.74, 6) is 0.356. The van der Waals surface area contributed by atoms with Crippen molar-refractivity contribution in [3.63, 3.8) is 0 Å². The van der Waals surface area contributed by atoms with Crippen molar-refractivity contribution in [2.75, 3.05) is 5.75 Å². The van der Waals surface area contributed by atoms with Crippen molar-refractivity contribution in [3.05, 3.63) is 0 Å². The summed E-state index contributed by atoms with van der Waals surface area (Å²) in [6.45, 7) is 5.79. The summed E-state index contributed by atoms with van der Waals surface area (Å²) < 4.78 is 0. The van der Waals surface area contributed by atoms with Crippen LogP contribution in [0.5, 0.6) is 0 Å². The Morgan fingerprint density at radius 1 is 1.44 bits per heavy atom. The van der Waals surface area contributed by atoms with Crippen LogP contribution in [-0.4, -0.2) is 33.7 Å². The van der Waals surface area contributed by atoms with E-state index in [0.717, 1.165) is 17.4 Å². The molecule has 0 aromatic rings. The number of carboxylic acids is 1. The molecular weight excluding hydrogens is 246 g/mol. The van der Waals surface area contributed by atoms with Crippen LogP contribution >= 0.6 is 11.8 Å². The van der Waals surface area contributed by atoms with Crippen molar-refractivity contribution in [3.8, 4) is 0 Å². The minimum absolute atomic E-state index is 0.202. The molecule has 0 amide bonds. The lowest BCUT2D eigenvalue weighted by Crippen LogP contribution is -2.52. The van der Waals surface area contributed by atoms with Crippen LogP contribution < -0.4 is 5.32 Å². The number of nitrogens with one attached hydrogen (secondary N) is 1. The maximum absolute atomic E-state index is 11.3. The molecule has 0 radical (unpaired) electrons.